The first-order valence-corrected chi connectivity index (χ1v) is 12.8. The van der Waals surface area contributed by atoms with Gasteiger partial charge in [0.25, 0.3) is 0 Å². The molecule has 0 atom stereocenters. The molecule has 6 heteroatoms. The highest BCUT2D eigenvalue weighted by atomic mass is 16.5. The Morgan fingerprint density at radius 1 is 0.583 bits per heavy atom. The molecule has 0 unspecified atom stereocenters. The molecular formula is C30H38O6. The van der Waals surface area contributed by atoms with Crippen LogP contribution in [0.3, 0.4) is 0 Å². The van der Waals surface area contributed by atoms with Crippen LogP contribution in [0.4, 0.5) is 0 Å². The van der Waals surface area contributed by atoms with E-state index in [2.05, 4.69) is 0 Å². The van der Waals surface area contributed by atoms with Crippen LogP contribution < -0.4 is 14.2 Å². The van der Waals surface area contributed by atoms with Crippen molar-refractivity contribution in [2.45, 2.75) is 58.8 Å². The summed E-state index contributed by atoms with van der Waals surface area (Å²) >= 11 is 0. The molecule has 0 amide bonds. The van der Waals surface area contributed by atoms with E-state index >= 15 is 0 Å². The molecule has 0 fully saturated rings. The number of hydrogen-bond donors (Lipinski definition) is 3. The minimum Gasteiger partial charge on any atom is -0.504 e. The third-order valence-corrected chi connectivity index (χ3v) is 5.98. The lowest BCUT2D eigenvalue weighted by atomic mass is 9.84. The van der Waals surface area contributed by atoms with Crippen molar-refractivity contribution in [1.82, 2.24) is 0 Å². The standard InChI is InChI=1S/C30H38O6/c1-4-18-34-25-13-7-10-21(28(25)31)16-17-22(23-11-8-14-26(29(23)32)35-19-5-2)24-12-9-15-27(30(24)33)36-20-6-3/h7-15,22,31-33H,4-6,16-20H2,1-3H3. The average Bonchev–Trinajstić information content (AvgIpc) is 2.89. The lowest BCUT2D eigenvalue weighted by molar-refractivity contribution is 0.295. The summed E-state index contributed by atoms with van der Waals surface area (Å²) in [5.74, 6) is 1.14. The Morgan fingerprint density at radius 2 is 1.00 bits per heavy atom. The molecule has 0 spiro atoms. The van der Waals surface area contributed by atoms with Gasteiger partial charge < -0.3 is 29.5 Å². The summed E-state index contributed by atoms with van der Waals surface area (Å²) < 4.78 is 17.2. The van der Waals surface area contributed by atoms with Gasteiger partial charge in [-0.05, 0) is 55.9 Å². The number of phenols is 3. The predicted molar refractivity (Wildman–Crippen MR) is 142 cm³/mol. The highest BCUT2D eigenvalue weighted by Gasteiger charge is 2.25. The Labute approximate surface area is 214 Å². The molecule has 0 saturated carbocycles. The Bertz CT molecular complexity index is 1050. The van der Waals surface area contributed by atoms with Crippen LogP contribution in [0.25, 0.3) is 0 Å². The van der Waals surface area contributed by atoms with E-state index in [0.29, 0.717) is 61.0 Å². The van der Waals surface area contributed by atoms with E-state index in [1.165, 1.54) is 0 Å². The van der Waals surface area contributed by atoms with Gasteiger partial charge in [-0.1, -0.05) is 57.2 Å². The molecule has 0 aromatic heterocycles. The van der Waals surface area contributed by atoms with Crippen LogP contribution in [0.15, 0.2) is 54.6 Å². The second-order valence-electron chi connectivity index (χ2n) is 8.79. The molecule has 0 aliphatic rings. The minimum atomic E-state index is -0.375. The average molecular weight is 495 g/mol. The van der Waals surface area contributed by atoms with Crippen molar-refractivity contribution in [2.75, 3.05) is 19.8 Å². The van der Waals surface area contributed by atoms with E-state index in [0.717, 1.165) is 24.8 Å². The molecule has 3 rings (SSSR count). The van der Waals surface area contributed by atoms with E-state index in [1.807, 2.05) is 57.2 Å². The summed E-state index contributed by atoms with van der Waals surface area (Å²) in [5.41, 5.74) is 2.03. The van der Waals surface area contributed by atoms with Gasteiger partial charge in [0.1, 0.15) is 0 Å². The van der Waals surface area contributed by atoms with Crippen LogP contribution in [-0.2, 0) is 6.42 Å². The van der Waals surface area contributed by atoms with Gasteiger partial charge in [-0.2, -0.15) is 0 Å². The number of phenolic OH excluding ortho intramolecular Hbond substituents is 3. The topological polar surface area (TPSA) is 88.4 Å². The number of ether oxygens (including phenoxy) is 3. The lowest BCUT2D eigenvalue weighted by Crippen LogP contribution is -2.07. The highest BCUT2D eigenvalue weighted by molar-refractivity contribution is 5.55. The molecular weight excluding hydrogens is 456 g/mol. The third kappa shape index (κ3) is 6.56. The first-order valence-electron chi connectivity index (χ1n) is 12.8. The molecule has 0 saturated heterocycles. The lowest BCUT2D eigenvalue weighted by Gasteiger charge is -2.23. The summed E-state index contributed by atoms with van der Waals surface area (Å²) in [6.45, 7) is 7.54. The summed E-state index contributed by atoms with van der Waals surface area (Å²) in [5, 5.41) is 33.1. The maximum Gasteiger partial charge on any atom is 0.161 e. The summed E-state index contributed by atoms with van der Waals surface area (Å²) in [4.78, 5) is 0. The Morgan fingerprint density at radius 3 is 1.44 bits per heavy atom. The maximum absolute atomic E-state index is 11.1. The number of rotatable bonds is 14. The molecule has 3 aromatic carbocycles. The van der Waals surface area contributed by atoms with Crippen LogP contribution in [0.5, 0.6) is 34.5 Å². The number of hydrogen-bond acceptors (Lipinski definition) is 6. The van der Waals surface area contributed by atoms with E-state index in [1.54, 1.807) is 18.2 Å². The van der Waals surface area contributed by atoms with Crippen LogP contribution in [-0.4, -0.2) is 35.1 Å². The van der Waals surface area contributed by atoms with Crippen molar-refractivity contribution in [3.05, 3.63) is 71.3 Å². The monoisotopic (exact) mass is 494 g/mol. The molecule has 36 heavy (non-hydrogen) atoms. The zero-order chi connectivity index (χ0) is 25.9. The minimum absolute atomic E-state index is 0.0551. The quantitative estimate of drug-likeness (QED) is 0.225. The van der Waals surface area contributed by atoms with Crippen LogP contribution in [0, 0.1) is 0 Å². The maximum atomic E-state index is 11.1. The van der Waals surface area contributed by atoms with Gasteiger partial charge in [0.15, 0.2) is 34.5 Å². The number of aromatic hydroxyl groups is 3. The molecule has 0 aliphatic heterocycles. The summed E-state index contributed by atoms with van der Waals surface area (Å²) in [7, 11) is 0. The smallest absolute Gasteiger partial charge is 0.161 e. The molecule has 6 nitrogen and oxygen atoms in total. The zero-order valence-corrected chi connectivity index (χ0v) is 21.5. The van der Waals surface area contributed by atoms with Gasteiger partial charge in [-0.3, -0.25) is 0 Å². The van der Waals surface area contributed by atoms with Crippen molar-refractivity contribution >= 4 is 0 Å². The molecule has 3 N–H and O–H groups in total. The molecule has 0 bridgehead atoms. The van der Waals surface area contributed by atoms with Gasteiger partial charge in [0.05, 0.1) is 19.8 Å². The first-order chi connectivity index (χ1) is 17.5. The van der Waals surface area contributed by atoms with Gasteiger partial charge >= 0.3 is 0 Å². The molecule has 0 aliphatic carbocycles. The Kier molecular flexibility index (Phi) is 10.2. The molecule has 0 heterocycles. The second-order valence-corrected chi connectivity index (χ2v) is 8.79. The molecule has 3 aromatic rings. The number of para-hydroxylation sites is 3. The summed E-state index contributed by atoms with van der Waals surface area (Å²) in [6, 6.07) is 16.4. The Balaban J connectivity index is 2.00. The van der Waals surface area contributed by atoms with Crippen molar-refractivity contribution in [3.8, 4) is 34.5 Å². The predicted octanol–water partition coefficient (Wildman–Crippen LogP) is 6.93. The fourth-order valence-corrected chi connectivity index (χ4v) is 4.17. The number of benzene rings is 3. The zero-order valence-electron chi connectivity index (χ0n) is 21.5. The largest absolute Gasteiger partial charge is 0.504 e. The van der Waals surface area contributed by atoms with Gasteiger partial charge in [-0.25, -0.2) is 0 Å². The SMILES string of the molecule is CCCOc1cccc(CCC(c2cccc(OCCC)c2O)c2cccc(OCCC)c2O)c1O. The Hall–Kier alpha value is -3.54. The van der Waals surface area contributed by atoms with E-state index in [9.17, 15) is 15.3 Å². The summed E-state index contributed by atoms with van der Waals surface area (Å²) in [6.07, 6.45) is 3.50. The molecule has 0 radical (unpaired) electrons. The van der Waals surface area contributed by atoms with Crippen molar-refractivity contribution in [1.29, 1.82) is 0 Å². The number of aryl methyl sites for hydroxylation is 1. The van der Waals surface area contributed by atoms with E-state index in [4.69, 9.17) is 14.2 Å². The van der Waals surface area contributed by atoms with Crippen molar-refractivity contribution < 1.29 is 29.5 Å². The normalized spacial score (nSPS) is 11.0. The van der Waals surface area contributed by atoms with Gasteiger partial charge in [0, 0.05) is 17.0 Å². The van der Waals surface area contributed by atoms with E-state index in [-0.39, 0.29) is 23.2 Å². The third-order valence-electron chi connectivity index (χ3n) is 5.98. The van der Waals surface area contributed by atoms with Crippen molar-refractivity contribution in [2.24, 2.45) is 0 Å². The van der Waals surface area contributed by atoms with E-state index < -0.39 is 0 Å². The second kappa shape index (κ2) is 13.5. The molecule has 194 valence electrons. The van der Waals surface area contributed by atoms with Crippen LogP contribution in [0.1, 0.15) is 69.1 Å². The highest BCUT2D eigenvalue weighted by Crippen LogP contribution is 2.45. The fraction of sp³-hybridized carbons (Fsp3) is 0.400. The van der Waals surface area contributed by atoms with Crippen molar-refractivity contribution in [3.63, 3.8) is 0 Å². The van der Waals surface area contributed by atoms with Gasteiger partial charge in [0.2, 0.25) is 0 Å². The van der Waals surface area contributed by atoms with Crippen LogP contribution in [0.2, 0.25) is 0 Å². The van der Waals surface area contributed by atoms with Gasteiger partial charge in [-0.15, -0.1) is 0 Å². The van der Waals surface area contributed by atoms with Crippen LogP contribution >= 0.6 is 0 Å². The fourth-order valence-electron chi connectivity index (χ4n) is 4.17. The first kappa shape index (κ1) is 27.1.